The fourth-order valence-electron chi connectivity index (χ4n) is 0.705. The summed E-state index contributed by atoms with van der Waals surface area (Å²) in [6.45, 7) is 3.42. The number of benzene rings is 1. The Hall–Kier alpha value is -0.400. The first-order valence-corrected chi connectivity index (χ1v) is 5.92. The molecule has 1 rings (SSSR count). The molecule has 1 aromatic carbocycles. The minimum atomic E-state index is -4.27. The minimum absolute atomic E-state index is 0. The van der Waals surface area contributed by atoms with E-state index >= 15 is 0 Å². The summed E-state index contributed by atoms with van der Waals surface area (Å²) >= 11 is 0. The zero-order chi connectivity index (χ0) is 12.8. The molecule has 1 N–H and O–H groups in total. The SMILES string of the molecule is CCC(=O)O.Cc1ccc(S(=O)(=O)[O-])cc1.[Na+]. The maximum Gasteiger partial charge on any atom is 1.00 e. The van der Waals surface area contributed by atoms with Gasteiger partial charge >= 0.3 is 35.5 Å². The van der Waals surface area contributed by atoms with Crippen molar-refractivity contribution in [2.45, 2.75) is 25.2 Å². The summed E-state index contributed by atoms with van der Waals surface area (Å²) in [5.41, 5.74) is 0.928. The summed E-state index contributed by atoms with van der Waals surface area (Å²) in [7, 11) is -4.27. The Morgan fingerprint density at radius 1 is 1.29 bits per heavy atom. The molecule has 0 spiro atoms. The van der Waals surface area contributed by atoms with Crippen LogP contribution in [0.15, 0.2) is 29.2 Å². The number of hydrogen-bond donors (Lipinski definition) is 1. The molecule has 0 radical (unpaired) electrons. The zero-order valence-corrected chi connectivity index (χ0v) is 12.8. The molecule has 0 atom stereocenters. The summed E-state index contributed by atoms with van der Waals surface area (Å²) in [5.74, 6) is -0.745. The molecule has 0 aromatic heterocycles. The van der Waals surface area contributed by atoms with Crippen LogP contribution >= 0.6 is 0 Å². The van der Waals surface area contributed by atoms with E-state index in [9.17, 15) is 17.8 Å². The third-order valence-electron chi connectivity index (χ3n) is 1.61. The maximum absolute atomic E-state index is 10.4. The van der Waals surface area contributed by atoms with Gasteiger partial charge in [-0.2, -0.15) is 0 Å². The van der Waals surface area contributed by atoms with Crippen LogP contribution in [0.3, 0.4) is 0 Å². The van der Waals surface area contributed by atoms with Crippen LogP contribution in [0.1, 0.15) is 18.9 Å². The molecule has 0 amide bonds. The first-order valence-electron chi connectivity index (χ1n) is 4.51. The maximum atomic E-state index is 10.4. The van der Waals surface area contributed by atoms with Gasteiger partial charge in [0.1, 0.15) is 10.1 Å². The predicted octanol–water partition coefficient (Wildman–Crippen LogP) is -1.62. The molecule has 0 saturated heterocycles. The number of carboxylic acid groups (broad SMARTS) is 1. The largest absolute Gasteiger partial charge is 1.00 e. The summed E-state index contributed by atoms with van der Waals surface area (Å²) in [5, 5.41) is 7.72. The van der Waals surface area contributed by atoms with Crippen molar-refractivity contribution in [3.05, 3.63) is 29.8 Å². The van der Waals surface area contributed by atoms with Crippen LogP contribution in [0.4, 0.5) is 0 Å². The molecule has 0 unspecified atom stereocenters. The molecule has 0 bridgehead atoms. The molecule has 90 valence electrons. The van der Waals surface area contributed by atoms with Crippen LogP contribution in [0.5, 0.6) is 0 Å². The third kappa shape index (κ3) is 9.31. The van der Waals surface area contributed by atoms with Crippen molar-refractivity contribution in [2.24, 2.45) is 0 Å². The summed E-state index contributed by atoms with van der Waals surface area (Å²) in [4.78, 5) is 9.19. The Bertz CT molecular complexity index is 438. The van der Waals surface area contributed by atoms with Crippen molar-refractivity contribution < 1.29 is 52.4 Å². The third-order valence-corrected chi connectivity index (χ3v) is 2.46. The van der Waals surface area contributed by atoms with Gasteiger partial charge < -0.3 is 9.66 Å². The van der Waals surface area contributed by atoms with Crippen molar-refractivity contribution >= 4 is 16.1 Å². The average Bonchev–Trinajstić information content (AvgIpc) is 2.18. The van der Waals surface area contributed by atoms with E-state index in [1.807, 2.05) is 6.92 Å². The molecule has 0 saturated carbocycles. The Labute approximate surface area is 123 Å². The van der Waals surface area contributed by atoms with Gasteiger partial charge in [0.15, 0.2) is 0 Å². The van der Waals surface area contributed by atoms with Crippen molar-refractivity contribution in [2.75, 3.05) is 0 Å². The van der Waals surface area contributed by atoms with Crippen LogP contribution in [0.2, 0.25) is 0 Å². The Morgan fingerprint density at radius 3 is 1.88 bits per heavy atom. The van der Waals surface area contributed by atoms with Gasteiger partial charge in [-0.15, -0.1) is 0 Å². The van der Waals surface area contributed by atoms with E-state index in [2.05, 4.69) is 0 Å². The van der Waals surface area contributed by atoms with Crippen LogP contribution in [0, 0.1) is 6.92 Å². The molecule has 0 fully saturated rings. The van der Waals surface area contributed by atoms with E-state index in [0.29, 0.717) is 0 Å². The first-order chi connectivity index (χ1) is 7.27. The van der Waals surface area contributed by atoms with Gasteiger partial charge in [-0.25, -0.2) is 8.42 Å². The van der Waals surface area contributed by atoms with Gasteiger partial charge in [0.25, 0.3) is 0 Å². The molecule has 0 aliphatic heterocycles. The van der Waals surface area contributed by atoms with Gasteiger partial charge in [0.05, 0.1) is 4.90 Å². The Morgan fingerprint density at radius 2 is 1.65 bits per heavy atom. The van der Waals surface area contributed by atoms with Gasteiger partial charge in [-0.1, -0.05) is 24.6 Å². The number of carboxylic acids is 1. The molecular weight excluding hydrogens is 255 g/mol. The van der Waals surface area contributed by atoms with Crippen LogP contribution in [-0.2, 0) is 14.9 Å². The molecular formula is C10H13NaO5S. The standard InChI is InChI=1S/C7H8O3S.C3H6O2.Na/c1-6-2-4-7(5-3-6)11(8,9)10;1-2-3(4)5;/h2-5H,1H3,(H,8,9,10);2H2,1H3,(H,4,5);/q;;+1/p-1. The number of aryl methyl sites for hydroxylation is 1. The molecule has 5 nitrogen and oxygen atoms in total. The van der Waals surface area contributed by atoms with E-state index in [0.717, 1.165) is 5.56 Å². The van der Waals surface area contributed by atoms with Gasteiger partial charge in [0.2, 0.25) is 0 Å². The van der Waals surface area contributed by atoms with E-state index in [1.54, 1.807) is 19.1 Å². The van der Waals surface area contributed by atoms with Crippen LogP contribution in [-0.4, -0.2) is 24.0 Å². The number of carbonyl (C=O) groups is 1. The fourth-order valence-corrected chi connectivity index (χ4v) is 1.17. The average molecular weight is 268 g/mol. The second kappa shape index (κ2) is 8.66. The molecule has 17 heavy (non-hydrogen) atoms. The minimum Gasteiger partial charge on any atom is -0.744 e. The van der Waals surface area contributed by atoms with Gasteiger partial charge in [-0.3, -0.25) is 4.79 Å². The Kier molecular flexibility index (Phi) is 9.65. The van der Waals surface area contributed by atoms with E-state index < -0.39 is 16.1 Å². The second-order valence-electron chi connectivity index (χ2n) is 3.01. The second-order valence-corrected chi connectivity index (χ2v) is 4.39. The zero-order valence-electron chi connectivity index (χ0n) is 10.0. The van der Waals surface area contributed by atoms with Crippen LogP contribution < -0.4 is 29.6 Å². The molecule has 0 aliphatic carbocycles. The van der Waals surface area contributed by atoms with Gasteiger partial charge in [0, 0.05) is 6.42 Å². The smallest absolute Gasteiger partial charge is 0.744 e. The van der Waals surface area contributed by atoms with Crippen molar-refractivity contribution in [1.29, 1.82) is 0 Å². The van der Waals surface area contributed by atoms with Crippen molar-refractivity contribution in [1.82, 2.24) is 0 Å². The summed E-state index contributed by atoms with van der Waals surface area (Å²) in [6.07, 6.45) is 0.222. The topological polar surface area (TPSA) is 94.5 Å². The summed E-state index contributed by atoms with van der Waals surface area (Å²) in [6, 6.07) is 5.78. The predicted molar refractivity (Wildman–Crippen MR) is 57.1 cm³/mol. The van der Waals surface area contributed by atoms with Crippen molar-refractivity contribution in [3.63, 3.8) is 0 Å². The Balaban J connectivity index is 0. The van der Waals surface area contributed by atoms with Crippen molar-refractivity contribution in [3.8, 4) is 0 Å². The van der Waals surface area contributed by atoms with Gasteiger partial charge in [-0.05, 0) is 19.1 Å². The number of aliphatic carboxylic acids is 1. The molecule has 0 heterocycles. The number of rotatable bonds is 2. The number of hydrogen-bond acceptors (Lipinski definition) is 4. The quantitative estimate of drug-likeness (QED) is 0.514. The molecule has 7 heteroatoms. The van der Waals surface area contributed by atoms with E-state index in [1.165, 1.54) is 12.1 Å². The summed E-state index contributed by atoms with van der Waals surface area (Å²) < 4.78 is 31.2. The molecule has 1 aromatic rings. The van der Waals surface area contributed by atoms with E-state index in [-0.39, 0.29) is 40.9 Å². The first kappa shape index (κ1) is 19.0. The van der Waals surface area contributed by atoms with E-state index in [4.69, 9.17) is 5.11 Å². The molecule has 0 aliphatic rings. The fraction of sp³-hybridized carbons (Fsp3) is 0.300. The monoisotopic (exact) mass is 268 g/mol. The van der Waals surface area contributed by atoms with Crippen LogP contribution in [0.25, 0.3) is 0 Å². The normalized spacial score (nSPS) is 9.59.